The van der Waals surface area contributed by atoms with Crippen LogP contribution in [0.3, 0.4) is 0 Å². The molecule has 3 aromatic rings. The van der Waals surface area contributed by atoms with Crippen molar-refractivity contribution in [3.8, 4) is 17.1 Å². The molecule has 7 heteroatoms. The molecule has 2 heterocycles. The lowest BCUT2D eigenvalue weighted by atomic mass is 10.0. The molecule has 0 aromatic heterocycles. The first-order chi connectivity index (χ1) is 13.0. The van der Waals surface area contributed by atoms with Crippen molar-refractivity contribution in [3.63, 3.8) is 0 Å². The van der Waals surface area contributed by atoms with Crippen LogP contribution in [0.25, 0.3) is 38.9 Å². The van der Waals surface area contributed by atoms with Crippen LogP contribution in [0, 0.1) is 5.41 Å². The molecule has 0 unspecified atom stereocenters. The van der Waals surface area contributed by atoms with E-state index in [4.69, 9.17) is 44.6 Å². The molecule has 0 aliphatic carbocycles. The van der Waals surface area contributed by atoms with E-state index >= 15 is 0 Å². The number of hydrogen-bond donors (Lipinski definition) is 1. The summed E-state index contributed by atoms with van der Waals surface area (Å²) in [6.45, 7) is 0. The van der Waals surface area contributed by atoms with Crippen LogP contribution in [0.5, 0.6) is 0 Å². The van der Waals surface area contributed by atoms with E-state index in [9.17, 15) is 0 Å². The van der Waals surface area contributed by atoms with Crippen molar-refractivity contribution in [2.75, 3.05) is 0 Å². The van der Waals surface area contributed by atoms with Crippen LogP contribution in [0.2, 0.25) is 15.1 Å². The number of nitrogens with zero attached hydrogens (tertiary/aromatic N) is 2. The molecule has 0 saturated carbocycles. The van der Waals surface area contributed by atoms with Crippen molar-refractivity contribution in [2.24, 2.45) is 0 Å². The van der Waals surface area contributed by atoms with Gasteiger partial charge in [-0.3, -0.25) is 5.41 Å². The number of fused-ring (bicyclic) bond motifs is 4. The molecule has 0 atom stereocenters. The number of benzene rings is 3. The predicted molar refractivity (Wildman–Crippen MR) is 108 cm³/mol. The zero-order valence-corrected chi connectivity index (χ0v) is 15.9. The molecular weight excluding hydrogens is 405 g/mol. The molecule has 0 fully saturated rings. The summed E-state index contributed by atoms with van der Waals surface area (Å²) in [5.74, 6) is 0.338. The SMILES string of the molecule is N=c1c2cc3c(ccc4ccccc43)oc-2nn1-c1c(Cl)cc(Cl)cc1Cl. The fraction of sp³-hybridized carbons (Fsp3) is 0. The molecule has 2 aliphatic heterocycles. The van der Waals surface area contributed by atoms with Gasteiger partial charge < -0.3 is 4.42 Å². The van der Waals surface area contributed by atoms with Gasteiger partial charge in [0.25, 0.3) is 0 Å². The third-order valence-electron chi connectivity index (χ3n) is 4.51. The highest BCUT2D eigenvalue weighted by molar-refractivity contribution is 6.40. The Bertz CT molecular complexity index is 1360. The summed E-state index contributed by atoms with van der Waals surface area (Å²) >= 11 is 18.6. The number of aromatic nitrogens is 2. The van der Waals surface area contributed by atoms with Gasteiger partial charge in [0.05, 0.1) is 15.6 Å². The van der Waals surface area contributed by atoms with Crippen LogP contribution in [0.15, 0.2) is 59.0 Å². The van der Waals surface area contributed by atoms with Crippen molar-refractivity contribution in [2.45, 2.75) is 0 Å². The highest BCUT2D eigenvalue weighted by Crippen LogP contribution is 2.34. The third kappa shape index (κ3) is 2.52. The lowest BCUT2D eigenvalue weighted by Crippen LogP contribution is -2.15. The summed E-state index contributed by atoms with van der Waals surface area (Å²) in [4.78, 5) is 0. The van der Waals surface area contributed by atoms with E-state index in [1.165, 1.54) is 4.68 Å². The van der Waals surface area contributed by atoms with Gasteiger partial charge in [-0.15, -0.1) is 5.10 Å². The third-order valence-corrected chi connectivity index (χ3v) is 5.30. The second-order valence-electron chi connectivity index (χ2n) is 6.14. The van der Waals surface area contributed by atoms with Gasteiger partial charge in [0.15, 0.2) is 5.49 Å². The number of hydrogen-bond acceptors (Lipinski definition) is 3. The van der Waals surface area contributed by atoms with Crippen LogP contribution in [-0.4, -0.2) is 9.78 Å². The van der Waals surface area contributed by atoms with Crippen LogP contribution < -0.4 is 5.49 Å². The first kappa shape index (κ1) is 16.6. The Morgan fingerprint density at radius 2 is 1.63 bits per heavy atom. The van der Waals surface area contributed by atoms with E-state index < -0.39 is 0 Å². The quantitative estimate of drug-likeness (QED) is 0.326. The normalized spacial score (nSPS) is 11.7. The van der Waals surface area contributed by atoms with Gasteiger partial charge in [-0.1, -0.05) is 65.1 Å². The van der Waals surface area contributed by atoms with Crippen molar-refractivity contribution in [1.82, 2.24) is 9.78 Å². The standard InChI is InChI=1S/C20H10Cl3N3O/c21-11-7-15(22)18(16(23)8-11)26-19(24)14-9-13-12-4-2-1-3-10(12)5-6-17(13)27-20(14)25-26/h1-9,24H. The van der Waals surface area contributed by atoms with Crippen LogP contribution in [-0.2, 0) is 0 Å². The molecule has 0 saturated heterocycles. The van der Waals surface area contributed by atoms with Gasteiger partial charge in [-0.2, -0.15) is 0 Å². The van der Waals surface area contributed by atoms with Gasteiger partial charge in [-0.25, -0.2) is 4.68 Å². The average molecular weight is 415 g/mol. The summed E-state index contributed by atoms with van der Waals surface area (Å²) < 4.78 is 7.35. The van der Waals surface area contributed by atoms with Crippen molar-refractivity contribution in [1.29, 1.82) is 5.41 Å². The van der Waals surface area contributed by atoms with E-state index in [2.05, 4.69) is 5.10 Å². The molecule has 2 aliphatic rings. The largest absolute Gasteiger partial charge is 0.436 e. The van der Waals surface area contributed by atoms with Crippen LogP contribution in [0.1, 0.15) is 0 Å². The Morgan fingerprint density at radius 3 is 2.41 bits per heavy atom. The average Bonchev–Trinajstić information content (AvgIpc) is 2.95. The van der Waals surface area contributed by atoms with E-state index in [0.717, 1.165) is 16.2 Å². The van der Waals surface area contributed by atoms with Gasteiger partial charge in [0.1, 0.15) is 11.3 Å². The zero-order chi connectivity index (χ0) is 18.7. The van der Waals surface area contributed by atoms with Gasteiger partial charge in [0.2, 0.25) is 5.89 Å². The summed E-state index contributed by atoms with van der Waals surface area (Å²) in [7, 11) is 0. The highest BCUT2D eigenvalue weighted by atomic mass is 35.5. The monoisotopic (exact) mass is 413 g/mol. The van der Waals surface area contributed by atoms with Crippen molar-refractivity contribution in [3.05, 3.63) is 75.2 Å². The Hall–Kier alpha value is -2.53. The maximum absolute atomic E-state index is 8.58. The topological polar surface area (TPSA) is 54.8 Å². The molecule has 3 aromatic carbocycles. The molecule has 27 heavy (non-hydrogen) atoms. The molecule has 0 bridgehead atoms. The van der Waals surface area contributed by atoms with E-state index in [1.807, 2.05) is 42.5 Å². The Morgan fingerprint density at radius 1 is 0.889 bits per heavy atom. The van der Waals surface area contributed by atoms with E-state index in [1.54, 1.807) is 12.1 Å². The van der Waals surface area contributed by atoms with Crippen LogP contribution >= 0.6 is 34.8 Å². The predicted octanol–water partition coefficient (Wildman–Crippen LogP) is 6.32. The van der Waals surface area contributed by atoms with Gasteiger partial charge >= 0.3 is 0 Å². The number of nitrogens with one attached hydrogen (secondary N) is 1. The minimum absolute atomic E-state index is 0.134. The maximum Gasteiger partial charge on any atom is 0.248 e. The lowest BCUT2D eigenvalue weighted by molar-refractivity contribution is 0.591. The molecule has 0 amide bonds. The summed E-state index contributed by atoms with van der Waals surface area (Å²) in [6, 6.07) is 17.0. The van der Waals surface area contributed by atoms with E-state index in [-0.39, 0.29) is 5.49 Å². The minimum atomic E-state index is 0.134. The Labute approximate surface area is 168 Å². The van der Waals surface area contributed by atoms with Crippen molar-refractivity contribution >= 4 is 56.5 Å². The molecule has 4 nitrogen and oxygen atoms in total. The highest BCUT2D eigenvalue weighted by Gasteiger charge is 2.21. The molecule has 0 spiro atoms. The fourth-order valence-electron chi connectivity index (χ4n) is 3.28. The minimum Gasteiger partial charge on any atom is -0.436 e. The molecule has 5 rings (SSSR count). The number of rotatable bonds is 1. The summed E-state index contributed by atoms with van der Waals surface area (Å²) in [5, 5.41) is 17.1. The number of halogens is 3. The molecular formula is C20H10Cl3N3O. The second kappa shape index (κ2) is 5.99. The maximum atomic E-state index is 8.58. The van der Waals surface area contributed by atoms with Gasteiger partial charge in [0, 0.05) is 10.4 Å². The first-order valence-electron chi connectivity index (χ1n) is 8.07. The summed E-state index contributed by atoms with van der Waals surface area (Å²) in [6.07, 6.45) is 0. The first-order valence-corrected chi connectivity index (χ1v) is 9.20. The van der Waals surface area contributed by atoms with Gasteiger partial charge in [-0.05, 0) is 35.0 Å². The van der Waals surface area contributed by atoms with E-state index in [0.29, 0.717) is 37.8 Å². The Balaban J connectivity index is 1.87. The lowest BCUT2D eigenvalue weighted by Gasteiger charge is -2.06. The zero-order valence-electron chi connectivity index (χ0n) is 13.6. The smallest absolute Gasteiger partial charge is 0.248 e. The second-order valence-corrected chi connectivity index (χ2v) is 7.39. The Kier molecular flexibility index (Phi) is 3.69. The molecule has 1 N–H and O–H groups in total. The van der Waals surface area contributed by atoms with Crippen molar-refractivity contribution < 1.29 is 4.42 Å². The van der Waals surface area contributed by atoms with Crippen LogP contribution in [0.4, 0.5) is 0 Å². The molecule has 0 radical (unpaired) electrons. The summed E-state index contributed by atoms with van der Waals surface area (Å²) in [5.41, 5.74) is 1.79. The fourth-order valence-corrected chi connectivity index (χ4v) is 4.25. The molecule has 132 valence electrons.